The molecule has 0 spiro atoms. The summed E-state index contributed by atoms with van der Waals surface area (Å²) < 4.78 is 43.2. The Morgan fingerprint density at radius 1 is 1.14 bits per heavy atom. The molecule has 35 heavy (non-hydrogen) atoms. The average Bonchev–Trinajstić information content (AvgIpc) is 2.69. The molecule has 0 aromatic heterocycles. The van der Waals surface area contributed by atoms with Gasteiger partial charge in [0.1, 0.15) is 0 Å². The Balaban J connectivity index is 1.97. The van der Waals surface area contributed by atoms with Crippen LogP contribution in [0, 0.1) is 17.0 Å². The first kappa shape index (κ1) is 27.3. The number of ketones is 1. The number of rotatable bonds is 8. The van der Waals surface area contributed by atoms with Gasteiger partial charge in [-0.15, -0.1) is 0 Å². The minimum Gasteiger partial charge on any atom is -0.345 e. The van der Waals surface area contributed by atoms with Crippen molar-refractivity contribution in [3.63, 3.8) is 0 Å². The SMILES string of the molecule is Cc1cc(C(=O)CC(C[N+](=O)[O-])(c2cc(Cl)cc(Cl)c2)C(F)(F)F)ccc1C(=O)NC1(C)CSC1. The molecule has 188 valence electrons. The van der Waals surface area contributed by atoms with Gasteiger partial charge in [-0.2, -0.15) is 24.9 Å². The van der Waals surface area contributed by atoms with Crippen molar-refractivity contribution in [1.29, 1.82) is 0 Å². The number of thioether (sulfide) groups is 1. The Hall–Kier alpha value is -2.30. The molecule has 1 atom stereocenters. The number of alkyl halides is 3. The van der Waals surface area contributed by atoms with Crippen molar-refractivity contribution in [3.8, 4) is 0 Å². The van der Waals surface area contributed by atoms with Gasteiger partial charge in [0.15, 0.2) is 11.2 Å². The van der Waals surface area contributed by atoms with Crippen molar-refractivity contribution < 1.29 is 27.7 Å². The third-order valence-corrected chi connectivity index (χ3v) is 7.99. The summed E-state index contributed by atoms with van der Waals surface area (Å²) in [6, 6.07) is 6.97. The van der Waals surface area contributed by atoms with Crippen molar-refractivity contribution >= 4 is 46.7 Å². The van der Waals surface area contributed by atoms with Crippen LogP contribution in [-0.2, 0) is 5.41 Å². The predicted octanol–water partition coefficient (Wildman–Crippen LogP) is 5.89. The molecule has 1 aliphatic rings. The Labute approximate surface area is 213 Å². The van der Waals surface area contributed by atoms with Crippen LogP contribution in [0.15, 0.2) is 36.4 Å². The number of nitro groups is 1. The molecule has 0 radical (unpaired) electrons. The lowest BCUT2D eigenvalue weighted by Crippen LogP contribution is -2.55. The van der Waals surface area contributed by atoms with Crippen LogP contribution in [-0.4, -0.2) is 46.4 Å². The molecule has 0 saturated carbocycles. The molecule has 12 heteroatoms. The van der Waals surface area contributed by atoms with Crippen LogP contribution in [0.25, 0.3) is 0 Å². The molecule has 1 heterocycles. The molecule has 6 nitrogen and oxygen atoms in total. The van der Waals surface area contributed by atoms with Crippen LogP contribution in [0.5, 0.6) is 0 Å². The smallest absolute Gasteiger partial charge is 0.345 e. The summed E-state index contributed by atoms with van der Waals surface area (Å²) in [6.07, 6.45) is -6.41. The summed E-state index contributed by atoms with van der Waals surface area (Å²) in [6.45, 7) is 1.88. The largest absolute Gasteiger partial charge is 0.405 e. The number of nitrogens with one attached hydrogen (secondary N) is 1. The molecule has 0 bridgehead atoms. The highest BCUT2D eigenvalue weighted by molar-refractivity contribution is 8.00. The quantitative estimate of drug-likeness (QED) is 0.252. The maximum atomic E-state index is 14.4. The minimum absolute atomic E-state index is 0.102. The fraction of sp³-hybridized carbons (Fsp3) is 0.391. The number of Topliss-reactive ketones (excluding diaryl/α,β-unsaturated/α-hetero) is 1. The van der Waals surface area contributed by atoms with Crippen LogP contribution in [0.2, 0.25) is 10.0 Å². The Bertz CT molecular complexity index is 1170. The Kier molecular flexibility index (Phi) is 7.79. The van der Waals surface area contributed by atoms with Gasteiger partial charge in [-0.1, -0.05) is 29.3 Å². The number of benzene rings is 2. The van der Waals surface area contributed by atoms with E-state index in [1.807, 2.05) is 6.92 Å². The number of aryl methyl sites for hydroxylation is 1. The highest BCUT2D eigenvalue weighted by Crippen LogP contribution is 2.46. The third-order valence-electron chi connectivity index (χ3n) is 5.87. The fourth-order valence-electron chi connectivity index (χ4n) is 3.94. The molecular weight excluding hydrogens is 528 g/mol. The van der Waals surface area contributed by atoms with Gasteiger partial charge in [-0.05, 0) is 55.3 Å². The first-order chi connectivity index (χ1) is 16.2. The van der Waals surface area contributed by atoms with Crippen LogP contribution >= 0.6 is 35.0 Å². The van der Waals surface area contributed by atoms with E-state index >= 15 is 0 Å². The molecule has 2 aromatic carbocycles. The van der Waals surface area contributed by atoms with Crippen LogP contribution < -0.4 is 5.32 Å². The molecule has 1 fully saturated rings. The zero-order chi connectivity index (χ0) is 26.2. The van der Waals surface area contributed by atoms with Crippen LogP contribution in [0.1, 0.15) is 45.2 Å². The van der Waals surface area contributed by atoms with Gasteiger partial charge in [0.2, 0.25) is 6.54 Å². The van der Waals surface area contributed by atoms with Gasteiger partial charge in [0.05, 0.1) is 5.54 Å². The van der Waals surface area contributed by atoms with Crippen molar-refractivity contribution in [2.75, 3.05) is 18.1 Å². The molecule has 3 rings (SSSR count). The summed E-state index contributed by atoms with van der Waals surface area (Å²) in [5, 5.41) is 13.9. The van der Waals surface area contributed by atoms with Gasteiger partial charge in [0.25, 0.3) is 5.91 Å². The fourth-order valence-corrected chi connectivity index (χ4v) is 5.43. The molecule has 1 saturated heterocycles. The summed E-state index contributed by atoms with van der Waals surface area (Å²) in [4.78, 5) is 35.9. The van der Waals surface area contributed by atoms with Gasteiger partial charge in [-0.3, -0.25) is 19.7 Å². The summed E-state index contributed by atoms with van der Waals surface area (Å²) in [5.41, 5.74) is -3.50. The van der Waals surface area contributed by atoms with Crippen LogP contribution in [0.3, 0.4) is 0 Å². The lowest BCUT2D eigenvalue weighted by molar-refractivity contribution is -0.501. The summed E-state index contributed by atoms with van der Waals surface area (Å²) in [5.74, 6) is 0.198. The molecule has 0 aliphatic carbocycles. The Morgan fingerprint density at radius 2 is 1.74 bits per heavy atom. The highest BCUT2D eigenvalue weighted by atomic mass is 35.5. The van der Waals surface area contributed by atoms with Crippen LogP contribution in [0.4, 0.5) is 13.2 Å². The monoisotopic (exact) mass is 548 g/mol. The molecule has 1 amide bonds. The number of halogens is 5. The topological polar surface area (TPSA) is 89.3 Å². The first-order valence-corrected chi connectivity index (χ1v) is 12.3. The van der Waals surface area contributed by atoms with Gasteiger partial charge in [0, 0.05) is 44.0 Å². The lowest BCUT2D eigenvalue weighted by Gasteiger charge is -2.38. The second-order valence-corrected chi connectivity index (χ2v) is 10.7. The normalized spacial score (nSPS) is 16.7. The standard InChI is InChI=1S/C23H21Cl2F3N2O4S/c1-13-5-14(3-4-18(13)20(32)29-21(2)11-35-12-21)19(31)9-22(10-30(33)34,23(26,27)28)15-6-16(24)8-17(25)7-15/h3-8H,9-12H2,1-2H3,(H,29,32). The second kappa shape index (κ2) is 9.99. The number of hydrogen-bond donors (Lipinski definition) is 1. The van der Waals surface area contributed by atoms with E-state index < -0.39 is 40.8 Å². The first-order valence-electron chi connectivity index (χ1n) is 10.3. The second-order valence-electron chi connectivity index (χ2n) is 8.87. The highest BCUT2D eigenvalue weighted by Gasteiger charge is 2.60. The van der Waals surface area contributed by atoms with E-state index in [4.69, 9.17) is 23.2 Å². The van der Waals surface area contributed by atoms with Gasteiger partial charge in [-0.25, -0.2) is 0 Å². The average molecular weight is 549 g/mol. The number of nitrogens with zero attached hydrogens (tertiary/aromatic N) is 1. The Morgan fingerprint density at radius 3 is 2.20 bits per heavy atom. The number of hydrogen-bond acceptors (Lipinski definition) is 5. The van der Waals surface area contributed by atoms with E-state index in [9.17, 15) is 32.9 Å². The van der Waals surface area contributed by atoms with Crippen molar-refractivity contribution in [3.05, 3.63) is 78.8 Å². The van der Waals surface area contributed by atoms with E-state index in [1.54, 1.807) is 18.7 Å². The maximum Gasteiger partial charge on any atom is 0.405 e. The minimum atomic E-state index is -5.17. The van der Waals surface area contributed by atoms with E-state index in [2.05, 4.69) is 5.32 Å². The number of carbonyl (C=O) groups excluding carboxylic acids is 2. The molecule has 1 unspecified atom stereocenters. The number of carbonyl (C=O) groups is 2. The third kappa shape index (κ3) is 5.92. The van der Waals surface area contributed by atoms with Gasteiger partial charge >= 0.3 is 6.18 Å². The van der Waals surface area contributed by atoms with E-state index in [0.29, 0.717) is 5.56 Å². The molecule has 1 aliphatic heterocycles. The molecule has 1 N–H and O–H groups in total. The van der Waals surface area contributed by atoms with Crippen molar-refractivity contribution in [1.82, 2.24) is 5.32 Å². The summed E-state index contributed by atoms with van der Waals surface area (Å²) in [7, 11) is 0. The number of amides is 1. The predicted molar refractivity (Wildman–Crippen MR) is 129 cm³/mol. The van der Waals surface area contributed by atoms with Crippen molar-refractivity contribution in [2.45, 2.75) is 37.4 Å². The molecular formula is C23H21Cl2F3N2O4S. The maximum absolute atomic E-state index is 14.4. The van der Waals surface area contributed by atoms with Gasteiger partial charge < -0.3 is 5.32 Å². The zero-order valence-electron chi connectivity index (χ0n) is 18.7. The molecule has 2 aromatic rings. The summed E-state index contributed by atoms with van der Waals surface area (Å²) >= 11 is 13.4. The zero-order valence-corrected chi connectivity index (χ0v) is 21.0. The van der Waals surface area contributed by atoms with E-state index in [0.717, 1.165) is 23.6 Å². The van der Waals surface area contributed by atoms with Crippen molar-refractivity contribution in [2.24, 2.45) is 0 Å². The van der Waals surface area contributed by atoms with E-state index in [1.165, 1.54) is 24.3 Å². The van der Waals surface area contributed by atoms with E-state index in [-0.39, 0.29) is 32.6 Å². The lowest BCUT2D eigenvalue weighted by atomic mass is 9.74.